The highest BCUT2D eigenvalue weighted by molar-refractivity contribution is 6.39. The topological polar surface area (TPSA) is 120 Å². The highest BCUT2D eigenvalue weighted by atomic mass is 35.5. The van der Waals surface area contributed by atoms with Crippen LogP contribution in [-0.2, 0) is 17.9 Å². The van der Waals surface area contributed by atoms with Gasteiger partial charge >= 0.3 is 0 Å². The van der Waals surface area contributed by atoms with Crippen LogP contribution in [0.3, 0.4) is 0 Å². The first kappa shape index (κ1) is 31.6. The Hall–Kier alpha value is -3.80. The Labute approximate surface area is 265 Å². The Morgan fingerprint density at radius 1 is 1.00 bits per heavy atom. The number of nitrogens with zero attached hydrogens (tertiary/aromatic N) is 2. The maximum absolute atomic E-state index is 15.2. The summed E-state index contributed by atoms with van der Waals surface area (Å²) < 4.78 is 20.8. The number of benzene rings is 2. The van der Waals surface area contributed by atoms with Gasteiger partial charge in [-0.15, -0.1) is 0 Å². The summed E-state index contributed by atoms with van der Waals surface area (Å²) in [7, 11) is 1.57. The lowest BCUT2D eigenvalue weighted by Crippen LogP contribution is -2.35. The van der Waals surface area contributed by atoms with Crippen molar-refractivity contribution in [3.63, 3.8) is 0 Å². The highest BCUT2D eigenvalue weighted by Crippen LogP contribution is 2.41. The van der Waals surface area contributed by atoms with E-state index < -0.39 is 5.82 Å². The van der Waals surface area contributed by atoms with E-state index >= 15 is 4.39 Å². The molecule has 0 bridgehead atoms. The number of carbonyl (C=O) groups is 1. The van der Waals surface area contributed by atoms with E-state index in [1.807, 2.05) is 30.3 Å². The van der Waals surface area contributed by atoms with E-state index in [1.165, 1.54) is 0 Å². The van der Waals surface area contributed by atoms with Crippen LogP contribution in [0, 0.1) is 5.82 Å². The molecule has 0 unspecified atom stereocenters. The predicted octanol–water partition coefficient (Wildman–Crippen LogP) is 5.46. The molecule has 1 atom stereocenters. The first-order chi connectivity index (χ1) is 21.4. The third-order valence-corrected chi connectivity index (χ3v) is 8.10. The number of halogens is 3. The fraction of sp³-hybridized carbons (Fsp3) is 0.281. The molecule has 12 heteroatoms. The first-order valence-corrected chi connectivity index (χ1v) is 15.0. The first-order valence-electron chi connectivity index (χ1n) is 14.2. The summed E-state index contributed by atoms with van der Waals surface area (Å²) in [6, 6.07) is 16.3. The molecular formula is C32H33Cl2FN6O3. The molecule has 2 aromatic heterocycles. The van der Waals surface area contributed by atoms with Gasteiger partial charge in [0, 0.05) is 72.7 Å². The van der Waals surface area contributed by atoms with Crippen molar-refractivity contribution >= 4 is 40.6 Å². The van der Waals surface area contributed by atoms with E-state index in [0.717, 1.165) is 12.0 Å². The van der Waals surface area contributed by atoms with Crippen molar-refractivity contribution in [2.24, 2.45) is 0 Å². The Morgan fingerprint density at radius 2 is 1.77 bits per heavy atom. The third kappa shape index (κ3) is 7.28. The minimum absolute atomic E-state index is 0.0364. The lowest BCUT2D eigenvalue weighted by molar-refractivity contribution is -0.119. The average Bonchev–Trinajstić information content (AvgIpc) is 3.45. The molecule has 5 rings (SSSR count). The molecule has 1 aliphatic heterocycles. The fourth-order valence-electron chi connectivity index (χ4n) is 5.06. The minimum Gasteiger partial charge on any atom is -0.481 e. The van der Waals surface area contributed by atoms with Crippen molar-refractivity contribution in [3.05, 3.63) is 87.8 Å². The van der Waals surface area contributed by atoms with Gasteiger partial charge < -0.3 is 31.1 Å². The molecular weight excluding hydrogens is 606 g/mol. The van der Waals surface area contributed by atoms with Gasteiger partial charge in [-0.1, -0.05) is 59.6 Å². The zero-order chi connectivity index (χ0) is 31.1. The number of pyridine rings is 2. The van der Waals surface area contributed by atoms with Crippen LogP contribution in [0.1, 0.15) is 24.0 Å². The summed E-state index contributed by atoms with van der Waals surface area (Å²) >= 11 is 13.8. The summed E-state index contributed by atoms with van der Waals surface area (Å²) in [5, 5.41) is 22.0. The Morgan fingerprint density at radius 3 is 2.55 bits per heavy atom. The molecule has 44 heavy (non-hydrogen) atoms. The molecule has 0 aliphatic carbocycles. The van der Waals surface area contributed by atoms with Crippen molar-refractivity contribution < 1.29 is 19.0 Å². The van der Waals surface area contributed by atoms with Crippen LogP contribution in [0.5, 0.6) is 5.88 Å². The van der Waals surface area contributed by atoms with Gasteiger partial charge in [-0.2, -0.15) is 0 Å². The zero-order valence-electron chi connectivity index (χ0n) is 24.1. The maximum Gasteiger partial charge on any atom is 0.220 e. The molecule has 1 aliphatic rings. The lowest BCUT2D eigenvalue weighted by atomic mass is 10.0. The van der Waals surface area contributed by atoms with Gasteiger partial charge in [0.05, 0.1) is 35.1 Å². The number of methoxy groups -OCH3 is 1. The van der Waals surface area contributed by atoms with Crippen LogP contribution in [-0.4, -0.2) is 53.8 Å². The molecule has 3 heterocycles. The van der Waals surface area contributed by atoms with Crippen LogP contribution in [0.25, 0.3) is 22.4 Å². The monoisotopic (exact) mass is 638 g/mol. The van der Waals surface area contributed by atoms with Gasteiger partial charge in [0.25, 0.3) is 0 Å². The minimum atomic E-state index is -0.440. The molecule has 0 radical (unpaired) electrons. The second-order valence-electron chi connectivity index (χ2n) is 10.3. The van der Waals surface area contributed by atoms with Crippen molar-refractivity contribution in [1.82, 2.24) is 25.9 Å². The number of anilines is 2. The summed E-state index contributed by atoms with van der Waals surface area (Å²) in [6.45, 7) is 1.78. The fourth-order valence-corrected chi connectivity index (χ4v) is 5.65. The van der Waals surface area contributed by atoms with E-state index in [4.69, 9.17) is 38.0 Å². The van der Waals surface area contributed by atoms with Gasteiger partial charge in [-0.3, -0.25) is 4.79 Å². The molecule has 1 fully saturated rings. The molecule has 0 saturated carbocycles. The van der Waals surface area contributed by atoms with Gasteiger partial charge in [0.2, 0.25) is 11.8 Å². The molecule has 5 N–H and O–H groups in total. The Bertz CT molecular complexity index is 1640. The number of hydrogen-bond donors (Lipinski definition) is 5. The molecule has 0 spiro atoms. The van der Waals surface area contributed by atoms with Crippen LogP contribution >= 0.6 is 23.2 Å². The molecule has 4 aromatic rings. The van der Waals surface area contributed by atoms with Gasteiger partial charge in [-0.25, -0.2) is 14.4 Å². The van der Waals surface area contributed by atoms with Crippen LogP contribution in [0.4, 0.5) is 15.9 Å². The highest BCUT2D eigenvalue weighted by Gasteiger charge is 2.21. The van der Waals surface area contributed by atoms with Crippen molar-refractivity contribution in [3.8, 4) is 28.3 Å². The number of aromatic nitrogens is 2. The van der Waals surface area contributed by atoms with Crippen LogP contribution in [0.15, 0.2) is 60.8 Å². The van der Waals surface area contributed by atoms with E-state index in [-0.39, 0.29) is 41.6 Å². The molecule has 230 valence electrons. The largest absolute Gasteiger partial charge is 0.481 e. The Balaban J connectivity index is 1.37. The molecule has 9 nitrogen and oxygen atoms in total. The number of nitrogens with one attached hydrogen (secondary N) is 4. The number of ether oxygens (including phenoxy) is 1. The second kappa shape index (κ2) is 14.8. The van der Waals surface area contributed by atoms with Gasteiger partial charge in [0.15, 0.2) is 5.82 Å². The van der Waals surface area contributed by atoms with E-state index in [2.05, 4.69) is 26.3 Å². The third-order valence-electron chi connectivity index (χ3n) is 7.31. The SMILES string of the molecule is COc1nc(-c2cccc(-c3ccnc(Nc4cccc(CNCCO)c4F)c3Cl)c2Cl)ccc1CNC[C@@H]1CCC(=O)N1. The summed E-state index contributed by atoms with van der Waals surface area (Å²) in [4.78, 5) is 20.5. The van der Waals surface area contributed by atoms with E-state index in [1.54, 1.807) is 37.6 Å². The normalized spacial score (nSPS) is 14.5. The molecule has 2 aromatic carbocycles. The van der Waals surface area contributed by atoms with E-state index in [0.29, 0.717) is 64.9 Å². The number of amides is 1. The van der Waals surface area contributed by atoms with Crippen molar-refractivity contribution in [1.29, 1.82) is 0 Å². The van der Waals surface area contributed by atoms with Crippen LogP contribution in [0.2, 0.25) is 10.0 Å². The number of carbonyl (C=O) groups excluding carboxylic acids is 1. The quantitative estimate of drug-likeness (QED) is 0.123. The van der Waals surface area contributed by atoms with Gasteiger partial charge in [-0.05, 0) is 24.6 Å². The maximum atomic E-state index is 15.2. The number of rotatable bonds is 13. The smallest absolute Gasteiger partial charge is 0.220 e. The van der Waals surface area contributed by atoms with Crippen LogP contribution < -0.4 is 26.0 Å². The predicted molar refractivity (Wildman–Crippen MR) is 171 cm³/mol. The molecule has 1 saturated heterocycles. The van der Waals surface area contributed by atoms with E-state index in [9.17, 15) is 4.79 Å². The lowest BCUT2D eigenvalue weighted by Gasteiger charge is -2.16. The number of hydrogen-bond acceptors (Lipinski definition) is 8. The van der Waals surface area contributed by atoms with Crippen molar-refractivity contribution in [2.45, 2.75) is 32.0 Å². The second-order valence-corrected chi connectivity index (χ2v) is 11.0. The summed E-state index contributed by atoms with van der Waals surface area (Å²) in [5.74, 6) is 0.392. The summed E-state index contributed by atoms with van der Waals surface area (Å²) in [5.41, 5.74) is 4.12. The Kier molecular flexibility index (Phi) is 10.6. The zero-order valence-corrected chi connectivity index (χ0v) is 25.6. The molecule has 1 amide bonds. The van der Waals surface area contributed by atoms with Gasteiger partial charge in [0.1, 0.15) is 5.82 Å². The summed E-state index contributed by atoms with van der Waals surface area (Å²) in [6.07, 6.45) is 2.96. The number of aliphatic hydroxyl groups excluding tert-OH is 1. The average molecular weight is 640 g/mol. The number of aliphatic hydroxyl groups is 1. The standard InChI is InChI=1S/C32H33Cl2FN6O3/c1-44-32-20(17-37-18-21-9-11-27(43)39-21)8-10-25(41-32)24-6-3-5-22(28(24)33)23-12-13-38-31(29(23)34)40-26-7-2-4-19(30(26)35)16-36-14-15-42/h2-8,10,12-13,21,36-37,42H,9,11,14-18H2,1H3,(H,38,40)(H,39,43)/t21-/m0/s1. The van der Waals surface area contributed by atoms with Crippen molar-refractivity contribution in [2.75, 3.05) is 32.1 Å².